The molecular weight excluding hydrogens is 234 g/mol. The minimum absolute atomic E-state index is 0.334. The van der Waals surface area contributed by atoms with Crippen LogP contribution in [0.1, 0.15) is 26.2 Å². The number of ketones is 1. The molecule has 2 aliphatic rings. The maximum absolute atomic E-state index is 11.6. The predicted octanol–water partition coefficient (Wildman–Crippen LogP) is 1.02. The van der Waals surface area contributed by atoms with Crippen LogP contribution in [0.3, 0.4) is 0 Å². The number of carboxylic acids is 1. The van der Waals surface area contributed by atoms with Crippen molar-refractivity contribution < 1.29 is 19.5 Å². The number of carbonyl (C=O) groups excluding carboxylic acids is 2. The highest BCUT2D eigenvalue weighted by atomic mass is 16.4. The Morgan fingerprint density at radius 1 is 1.50 bits per heavy atom. The fourth-order valence-electron chi connectivity index (χ4n) is 2.45. The van der Waals surface area contributed by atoms with E-state index in [1.54, 1.807) is 12.2 Å². The summed E-state index contributed by atoms with van der Waals surface area (Å²) >= 11 is 0. The number of Topliss-reactive ketones (excluding diaryl/α,β-unsaturated/α-hetero) is 1. The molecule has 1 heterocycles. The van der Waals surface area contributed by atoms with Gasteiger partial charge in [0, 0.05) is 5.70 Å². The van der Waals surface area contributed by atoms with E-state index in [1.807, 2.05) is 6.92 Å². The second-order valence-corrected chi connectivity index (χ2v) is 4.62. The van der Waals surface area contributed by atoms with Crippen molar-refractivity contribution in [1.29, 1.82) is 0 Å². The van der Waals surface area contributed by atoms with Crippen LogP contribution >= 0.6 is 0 Å². The number of amides is 1. The average molecular weight is 249 g/mol. The number of hydrogen-bond donors (Lipinski definition) is 2. The molecule has 0 aromatic rings. The molecule has 18 heavy (non-hydrogen) atoms. The van der Waals surface area contributed by atoms with Crippen molar-refractivity contribution in [3.8, 4) is 0 Å². The number of hydrogen-bond acceptors (Lipinski definition) is 3. The Labute approximate surface area is 105 Å². The Hall–Kier alpha value is -1.91. The highest BCUT2D eigenvalue weighted by molar-refractivity contribution is 6.40. The van der Waals surface area contributed by atoms with Crippen molar-refractivity contribution in [1.82, 2.24) is 5.32 Å². The standard InChI is InChI=1S/C13H15NO4/c1-2-3-8(13(17)18)7-4-5-10-9(6-7)11(15)12(16)14-10/h4-5,8-9H,2-3,6H2,1H3,(H,14,16)(H,17,18). The highest BCUT2D eigenvalue weighted by Gasteiger charge is 2.39. The molecule has 0 aromatic carbocycles. The van der Waals surface area contributed by atoms with Crippen LogP contribution in [0.25, 0.3) is 0 Å². The third-order valence-corrected chi connectivity index (χ3v) is 3.41. The Bertz CT molecular complexity index is 475. The molecular formula is C13H15NO4. The zero-order valence-electron chi connectivity index (χ0n) is 10.1. The summed E-state index contributed by atoms with van der Waals surface area (Å²) in [5, 5.41) is 11.7. The van der Waals surface area contributed by atoms with Gasteiger partial charge in [0.2, 0.25) is 5.78 Å². The molecule has 2 unspecified atom stereocenters. The van der Waals surface area contributed by atoms with Crippen LogP contribution in [-0.4, -0.2) is 22.8 Å². The van der Waals surface area contributed by atoms with Crippen molar-refractivity contribution in [3.05, 3.63) is 23.4 Å². The van der Waals surface area contributed by atoms with Crippen LogP contribution in [-0.2, 0) is 14.4 Å². The van der Waals surface area contributed by atoms with E-state index in [0.717, 1.165) is 12.0 Å². The molecule has 2 N–H and O–H groups in total. The van der Waals surface area contributed by atoms with Crippen molar-refractivity contribution in [2.75, 3.05) is 0 Å². The molecule has 0 radical (unpaired) electrons. The Balaban J connectivity index is 2.21. The molecule has 0 saturated carbocycles. The summed E-state index contributed by atoms with van der Waals surface area (Å²) < 4.78 is 0. The van der Waals surface area contributed by atoms with Crippen LogP contribution in [0.15, 0.2) is 23.4 Å². The van der Waals surface area contributed by atoms with Crippen molar-refractivity contribution in [3.63, 3.8) is 0 Å². The van der Waals surface area contributed by atoms with Gasteiger partial charge in [0.05, 0.1) is 11.8 Å². The molecule has 1 aliphatic carbocycles. The highest BCUT2D eigenvalue weighted by Crippen LogP contribution is 2.33. The van der Waals surface area contributed by atoms with Gasteiger partial charge in [-0.1, -0.05) is 25.0 Å². The summed E-state index contributed by atoms with van der Waals surface area (Å²) in [6, 6.07) is 0. The lowest BCUT2D eigenvalue weighted by Gasteiger charge is -2.21. The summed E-state index contributed by atoms with van der Waals surface area (Å²) in [4.78, 5) is 34.0. The van der Waals surface area contributed by atoms with E-state index >= 15 is 0 Å². The zero-order chi connectivity index (χ0) is 13.3. The number of rotatable bonds is 4. The fraction of sp³-hybridized carbons (Fsp3) is 0.462. The summed E-state index contributed by atoms with van der Waals surface area (Å²) in [6.07, 6.45) is 5.02. The van der Waals surface area contributed by atoms with E-state index in [2.05, 4.69) is 5.32 Å². The van der Waals surface area contributed by atoms with Gasteiger partial charge >= 0.3 is 5.97 Å². The first-order chi connectivity index (χ1) is 8.54. The van der Waals surface area contributed by atoms with Crippen LogP contribution in [0.4, 0.5) is 0 Å². The van der Waals surface area contributed by atoms with Gasteiger partial charge in [0.25, 0.3) is 5.91 Å². The maximum atomic E-state index is 11.6. The molecule has 0 spiro atoms. The summed E-state index contributed by atoms with van der Waals surface area (Å²) in [6.45, 7) is 1.92. The summed E-state index contributed by atoms with van der Waals surface area (Å²) in [5.41, 5.74) is 1.32. The largest absolute Gasteiger partial charge is 0.481 e. The van der Waals surface area contributed by atoms with E-state index < -0.39 is 29.5 Å². The zero-order valence-corrected chi connectivity index (χ0v) is 10.1. The number of fused-ring (bicyclic) bond motifs is 1. The third kappa shape index (κ3) is 2.08. The predicted molar refractivity (Wildman–Crippen MR) is 63.5 cm³/mol. The van der Waals surface area contributed by atoms with Gasteiger partial charge in [0.15, 0.2) is 0 Å². The third-order valence-electron chi connectivity index (χ3n) is 3.41. The van der Waals surface area contributed by atoms with Gasteiger partial charge in [-0.2, -0.15) is 0 Å². The summed E-state index contributed by atoms with van der Waals surface area (Å²) in [7, 11) is 0. The lowest BCUT2D eigenvalue weighted by molar-refractivity contribution is -0.140. The second kappa shape index (κ2) is 4.76. The van der Waals surface area contributed by atoms with Gasteiger partial charge in [-0.25, -0.2) is 0 Å². The quantitative estimate of drug-likeness (QED) is 0.728. The van der Waals surface area contributed by atoms with Crippen LogP contribution in [0.5, 0.6) is 0 Å². The average Bonchev–Trinajstić information content (AvgIpc) is 2.62. The Kier molecular flexibility index (Phi) is 3.32. The molecule has 0 bridgehead atoms. The van der Waals surface area contributed by atoms with E-state index in [0.29, 0.717) is 18.5 Å². The lowest BCUT2D eigenvalue weighted by atomic mass is 9.82. The molecule has 1 saturated heterocycles. The second-order valence-electron chi connectivity index (χ2n) is 4.62. The summed E-state index contributed by atoms with van der Waals surface area (Å²) in [5.74, 6) is -2.99. The number of carboxylic acid groups (broad SMARTS) is 1. The van der Waals surface area contributed by atoms with E-state index in [-0.39, 0.29) is 0 Å². The van der Waals surface area contributed by atoms with Crippen LogP contribution in [0.2, 0.25) is 0 Å². The van der Waals surface area contributed by atoms with Gasteiger partial charge in [0.1, 0.15) is 0 Å². The van der Waals surface area contributed by atoms with E-state index in [4.69, 9.17) is 0 Å². The normalized spacial score (nSPS) is 23.9. The molecule has 1 amide bonds. The van der Waals surface area contributed by atoms with Crippen molar-refractivity contribution >= 4 is 17.7 Å². The lowest BCUT2D eigenvalue weighted by Crippen LogP contribution is -2.22. The van der Waals surface area contributed by atoms with Gasteiger partial charge in [-0.05, 0) is 18.9 Å². The number of aliphatic carboxylic acids is 1. The molecule has 0 aromatic heterocycles. The molecule has 1 fully saturated rings. The Morgan fingerprint density at radius 3 is 2.83 bits per heavy atom. The molecule has 5 nitrogen and oxygen atoms in total. The Morgan fingerprint density at radius 2 is 2.22 bits per heavy atom. The number of carbonyl (C=O) groups is 3. The smallest absolute Gasteiger partial charge is 0.310 e. The molecule has 2 rings (SSSR count). The number of allylic oxidation sites excluding steroid dienone is 3. The van der Waals surface area contributed by atoms with Gasteiger partial charge in [-0.15, -0.1) is 0 Å². The molecule has 1 aliphatic heterocycles. The molecule has 5 heteroatoms. The van der Waals surface area contributed by atoms with Crippen LogP contribution < -0.4 is 5.32 Å². The van der Waals surface area contributed by atoms with E-state index in [1.165, 1.54) is 0 Å². The minimum atomic E-state index is -0.871. The first-order valence-corrected chi connectivity index (χ1v) is 6.03. The topological polar surface area (TPSA) is 83.5 Å². The van der Waals surface area contributed by atoms with Gasteiger partial charge in [-0.3, -0.25) is 14.4 Å². The minimum Gasteiger partial charge on any atom is -0.481 e. The monoisotopic (exact) mass is 249 g/mol. The number of nitrogens with one attached hydrogen (secondary N) is 1. The first kappa shape index (κ1) is 12.5. The van der Waals surface area contributed by atoms with Crippen LogP contribution in [0, 0.1) is 11.8 Å². The first-order valence-electron chi connectivity index (χ1n) is 6.03. The van der Waals surface area contributed by atoms with E-state index in [9.17, 15) is 19.5 Å². The fourth-order valence-corrected chi connectivity index (χ4v) is 2.45. The van der Waals surface area contributed by atoms with Crippen molar-refractivity contribution in [2.45, 2.75) is 26.2 Å². The molecule has 2 atom stereocenters. The van der Waals surface area contributed by atoms with Crippen molar-refractivity contribution in [2.24, 2.45) is 11.8 Å². The SMILES string of the molecule is CCCC(C(=O)O)C1=CC=C2NC(=O)C(=O)C2C1. The van der Waals surface area contributed by atoms with Gasteiger partial charge < -0.3 is 10.4 Å². The molecule has 96 valence electrons. The maximum Gasteiger partial charge on any atom is 0.310 e.